The van der Waals surface area contributed by atoms with E-state index in [0.29, 0.717) is 17.2 Å². The molecule has 1 heterocycles. The van der Waals surface area contributed by atoms with Gasteiger partial charge in [-0.1, -0.05) is 54.6 Å². The number of methoxy groups -OCH3 is 2. The van der Waals surface area contributed by atoms with Gasteiger partial charge in [-0.15, -0.1) is 4.65 Å². The molecule has 4 rings (SSSR count). The van der Waals surface area contributed by atoms with Gasteiger partial charge in [0.05, 0.1) is 26.9 Å². The largest absolute Gasteiger partial charge is 0.497 e. The molecule has 0 aliphatic carbocycles. The number of hydroxylamine groups is 3. The molecule has 1 fully saturated rings. The second-order valence-electron chi connectivity index (χ2n) is 11.2. The van der Waals surface area contributed by atoms with Crippen LogP contribution in [0.4, 0.5) is 0 Å². The first-order chi connectivity index (χ1) is 21.7. The summed E-state index contributed by atoms with van der Waals surface area (Å²) in [5, 5.41) is 0. The molecule has 1 aliphatic heterocycles. The summed E-state index contributed by atoms with van der Waals surface area (Å²) < 4.78 is 36.2. The Morgan fingerprint density at radius 1 is 0.844 bits per heavy atom. The Hall–Kier alpha value is -3.04. The SMILES string of the molecule is CC[N+](CC)(CC)O[PH+]([O])C[C@H]1CC(OC(C)=O)O[C@@H]1COC(c1ccccc1)(c1ccc(OC)cc1)c1ccc(OC)cc1. The molecule has 2 unspecified atom stereocenters. The highest BCUT2D eigenvalue weighted by molar-refractivity contribution is 7.45. The van der Waals surface area contributed by atoms with Crippen LogP contribution in [0.2, 0.25) is 0 Å². The molecule has 1 radical (unpaired) electrons. The van der Waals surface area contributed by atoms with Gasteiger partial charge in [-0.25, -0.2) is 0 Å². The highest BCUT2D eigenvalue weighted by Gasteiger charge is 2.46. The zero-order chi connectivity index (χ0) is 32.5. The molecule has 1 saturated heterocycles. The van der Waals surface area contributed by atoms with E-state index in [1.807, 2.05) is 99.6 Å². The fourth-order valence-electron chi connectivity index (χ4n) is 6.02. The van der Waals surface area contributed by atoms with E-state index < -0.39 is 32.3 Å². The quantitative estimate of drug-likeness (QED) is 0.0574. The van der Waals surface area contributed by atoms with E-state index in [1.165, 1.54) is 6.92 Å². The minimum absolute atomic E-state index is 0.139. The van der Waals surface area contributed by atoms with E-state index in [9.17, 15) is 9.69 Å². The van der Waals surface area contributed by atoms with Crippen molar-refractivity contribution in [3.63, 3.8) is 0 Å². The van der Waals surface area contributed by atoms with Gasteiger partial charge in [-0.05, 0) is 71.2 Å². The molecule has 0 N–H and O–H groups in total. The summed E-state index contributed by atoms with van der Waals surface area (Å²) in [5.74, 6) is 0.806. The minimum Gasteiger partial charge on any atom is -0.497 e. The van der Waals surface area contributed by atoms with Crippen LogP contribution >= 0.6 is 8.38 Å². The number of benzene rings is 3. The summed E-state index contributed by atoms with van der Waals surface area (Å²) in [5.41, 5.74) is 1.64. The Morgan fingerprint density at radius 2 is 1.36 bits per heavy atom. The van der Waals surface area contributed by atoms with Crippen molar-refractivity contribution >= 4 is 14.3 Å². The molecular formula is C35H47NO8P+2. The molecule has 10 heteroatoms. The summed E-state index contributed by atoms with van der Waals surface area (Å²) in [6.45, 7) is 9.77. The van der Waals surface area contributed by atoms with Gasteiger partial charge in [-0.2, -0.15) is 0 Å². The van der Waals surface area contributed by atoms with Crippen molar-refractivity contribution in [3.05, 3.63) is 95.6 Å². The number of carbonyl (C=O) groups is 1. The zero-order valence-corrected chi connectivity index (χ0v) is 28.2. The molecule has 45 heavy (non-hydrogen) atoms. The Labute approximate surface area is 268 Å². The Morgan fingerprint density at radius 3 is 1.82 bits per heavy atom. The fraction of sp³-hybridized carbons (Fsp3) is 0.457. The fourth-order valence-corrected chi connectivity index (χ4v) is 7.78. The van der Waals surface area contributed by atoms with Crippen molar-refractivity contribution in [2.75, 3.05) is 46.6 Å². The molecule has 0 spiro atoms. The maximum absolute atomic E-state index is 13.5. The second kappa shape index (κ2) is 16.0. The van der Waals surface area contributed by atoms with E-state index in [1.54, 1.807) is 14.2 Å². The molecule has 1 aliphatic rings. The van der Waals surface area contributed by atoms with Gasteiger partial charge in [0.2, 0.25) is 6.29 Å². The van der Waals surface area contributed by atoms with Crippen molar-refractivity contribution in [1.29, 1.82) is 0 Å². The van der Waals surface area contributed by atoms with Gasteiger partial charge in [0, 0.05) is 19.3 Å². The van der Waals surface area contributed by atoms with Crippen molar-refractivity contribution < 1.29 is 42.6 Å². The van der Waals surface area contributed by atoms with Gasteiger partial charge in [0.25, 0.3) is 0 Å². The summed E-state index contributed by atoms with van der Waals surface area (Å²) in [7, 11) is 0.817. The first kappa shape index (κ1) is 34.8. The lowest BCUT2D eigenvalue weighted by Crippen LogP contribution is -2.46. The normalized spacial score (nSPS) is 19.2. The van der Waals surface area contributed by atoms with Crippen molar-refractivity contribution in [2.24, 2.45) is 5.92 Å². The Balaban J connectivity index is 1.72. The molecule has 0 saturated carbocycles. The van der Waals surface area contributed by atoms with E-state index in [0.717, 1.165) is 47.8 Å². The van der Waals surface area contributed by atoms with Crippen LogP contribution in [0.3, 0.4) is 0 Å². The highest BCUT2D eigenvalue weighted by Crippen LogP contribution is 2.46. The van der Waals surface area contributed by atoms with Gasteiger partial charge < -0.3 is 23.7 Å². The number of hydrogen-bond donors (Lipinski definition) is 0. The van der Waals surface area contributed by atoms with Gasteiger partial charge in [0.1, 0.15) is 42.9 Å². The number of nitrogens with zero attached hydrogens (tertiary/aromatic N) is 1. The summed E-state index contributed by atoms with van der Waals surface area (Å²) >= 11 is 0. The van der Waals surface area contributed by atoms with Crippen LogP contribution in [0.5, 0.6) is 11.5 Å². The predicted octanol–water partition coefficient (Wildman–Crippen LogP) is 6.59. The smallest absolute Gasteiger partial charge is 0.375 e. The molecular weight excluding hydrogens is 593 g/mol. The van der Waals surface area contributed by atoms with E-state index in [-0.39, 0.29) is 12.5 Å². The van der Waals surface area contributed by atoms with E-state index in [2.05, 4.69) is 0 Å². The van der Waals surface area contributed by atoms with E-state index in [4.69, 9.17) is 28.3 Å². The molecule has 243 valence electrons. The van der Waals surface area contributed by atoms with Crippen LogP contribution in [0.1, 0.15) is 50.8 Å². The lowest BCUT2D eigenvalue weighted by atomic mass is 9.80. The van der Waals surface area contributed by atoms with Gasteiger partial charge in [-0.3, -0.25) is 4.79 Å². The van der Waals surface area contributed by atoms with Crippen molar-refractivity contribution in [2.45, 2.75) is 52.1 Å². The van der Waals surface area contributed by atoms with Gasteiger partial charge in [0.15, 0.2) is 0 Å². The monoisotopic (exact) mass is 640 g/mol. The third-order valence-electron chi connectivity index (χ3n) is 8.74. The van der Waals surface area contributed by atoms with Crippen molar-refractivity contribution in [1.82, 2.24) is 0 Å². The average molecular weight is 641 g/mol. The number of rotatable bonds is 16. The summed E-state index contributed by atoms with van der Waals surface area (Å²) in [6.07, 6.45) is -0.564. The van der Waals surface area contributed by atoms with E-state index >= 15 is 0 Å². The third-order valence-corrected chi connectivity index (χ3v) is 10.2. The standard InChI is InChI=1S/C35H47NO8P/c1-7-36(8-2,9-3)44-45(38)25-27-23-34(42-26(4)37)43-33(27)24-41-35(28-13-11-10-12-14-28,29-15-19-31(39-5)20-16-29)30-17-21-32(40-6)22-18-30/h10-22,27,33-34,45H,7-9,23-25H2,1-6H3/q+2/t27-,33-,34?/m1/s1. The number of esters is 1. The number of quaternary nitrogens is 1. The van der Waals surface area contributed by atoms with Crippen LogP contribution in [-0.4, -0.2) is 69.6 Å². The average Bonchev–Trinajstić information content (AvgIpc) is 3.44. The summed E-state index contributed by atoms with van der Waals surface area (Å²) in [4.78, 5) is 25.4. The predicted molar refractivity (Wildman–Crippen MR) is 174 cm³/mol. The molecule has 0 aromatic heterocycles. The maximum Gasteiger partial charge on any atom is 0.375 e. The van der Waals surface area contributed by atoms with Crippen LogP contribution in [-0.2, 0) is 34.1 Å². The van der Waals surface area contributed by atoms with Crippen LogP contribution in [0.15, 0.2) is 78.9 Å². The number of hydrogen-bond acceptors (Lipinski definition) is 7. The lowest BCUT2D eigenvalue weighted by molar-refractivity contribution is -1.08. The Kier molecular flexibility index (Phi) is 12.4. The third kappa shape index (κ3) is 8.22. The Bertz CT molecular complexity index is 1280. The second-order valence-corrected chi connectivity index (χ2v) is 12.5. The molecule has 3 aromatic carbocycles. The summed E-state index contributed by atoms with van der Waals surface area (Å²) in [6, 6.07) is 25.6. The number of carbonyl (C=O) groups excluding carboxylic acids is 1. The maximum atomic E-state index is 13.5. The van der Waals surface area contributed by atoms with Crippen LogP contribution in [0, 0.1) is 5.92 Å². The first-order valence-corrected chi connectivity index (χ1v) is 17.1. The molecule has 4 atom stereocenters. The topological polar surface area (TPSA) is 92.4 Å². The highest BCUT2D eigenvalue weighted by atomic mass is 31.2. The minimum atomic E-state index is -2.45. The molecule has 0 bridgehead atoms. The zero-order valence-electron chi connectivity index (χ0n) is 27.2. The van der Waals surface area contributed by atoms with Crippen LogP contribution < -0.4 is 9.47 Å². The van der Waals surface area contributed by atoms with Crippen molar-refractivity contribution in [3.8, 4) is 11.5 Å². The molecule has 0 amide bonds. The molecule has 3 aromatic rings. The number of ether oxygens (including phenoxy) is 5. The lowest BCUT2D eigenvalue weighted by Gasteiger charge is -2.37. The van der Waals surface area contributed by atoms with Crippen LogP contribution in [0.25, 0.3) is 0 Å². The molecule has 9 nitrogen and oxygen atoms in total. The van der Waals surface area contributed by atoms with Gasteiger partial charge >= 0.3 is 14.3 Å². The first-order valence-electron chi connectivity index (χ1n) is 15.6.